The van der Waals surface area contributed by atoms with Gasteiger partial charge in [0.2, 0.25) is 0 Å². The van der Waals surface area contributed by atoms with Crippen molar-refractivity contribution in [2.24, 2.45) is 5.73 Å². The van der Waals surface area contributed by atoms with Crippen LogP contribution in [0.15, 0.2) is 54.6 Å². The maximum atomic E-state index is 6.44. The highest BCUT2D eigenvalue weighted by atomic mass is 32.2. The van der Waals surface area contributed by atoms with Crippen LogP contribution in [0.1, 0.15) is 30.9 Å². The first-order valence-electron chi connectivity index (χ1n) is 7.37. The SMILES string of the molecule is NC(c1ccc(-c2ccccc2)cc1)C1CCCCS1. The van der Waals surface area contributed by atoms with E-state index in [0.29, 0.717) is 5.25 Å². The predicted molar refractivity (Wildman–Crippen MR) is 88.9 cm³/mol. The zero-order valence-electron chi connectivity index (χ0n) is 11.7. The molecule has 0 spiro atoms. The fraction of sp³-hybridized carbons (Fsp3) is 0.333. The van der Waals surface area contributed by atoms with Crippen molar-refractivity contribution < 1.29 is 0 Å². The van der Waals surface area contributed by atoms with Crippen LogP contribution in [0, 0.1) is 0 Å². The van der Waals surface area contributed by atoms with Crippen LogP contribution >= 0.6 is 11.8 Å². The van der Waals surface area contributed by atoms with Crippen molar-refractivity contribution in [1.29, 1.82) is 0 Å². The molecule has 0 saturated carbocycles. The molecule has 1 aliphatic rings. The van der Waals surface area contributed by atoms with E-state index in [0.717, 1.165) is 0 Å². The van der Waals surface area contributed by atoms with E-state index in [2.05, 4.69) is 48.5 Å². The number of hydrogen-bond donors (Lipinski definition) is 1. The van der Waals surface area contributed by atoms with Gasteiger partial charge in [-0.25, -0.2) is 0 Å². The average molecular weight is 283 g/mol. The zero-order valence-corrected chi connectivity index (χ0v) is 12.5. The lowest BCUT2D eigenvalue weighted by molar-refractivity contribution is 0.582. The summed E-state index contributed by atoms with van der Waals surface area (Å²) in [6.45, 7) is 0. The van der Waals surface area contributed by atoms with Gasteiger partial charge in [0.25, 0.3) is 0 Å². The lowest BCUT2D eigenvalue weighted by Crippen LogP contribution is -2.26. The van der Waals surface area contributed by atoms with E-state index in [-0.39, 0.29) is 6.04 Å². The molecule has 2 atom stereocenters. The van der Waals surface area contributed by atoms with Crippen LogP contribution in [0.4, 0.5) is 0 Å². The highest BCUT2D eigenvalue weighted by molar-refractivity contribution is 8.00. The van der Waals surface area contributed by atoms with Crippen molar-refractivity contribution in [2.45, 2.75) is 30.6 Å². The van der Waals surface area contributed by atoms with Crippen molar-refractivity contribution in [3.05, 3.63) is 60.2 Å². The summed E-state index contributed by atoms with van der Waals surface area (Å²) in [6.07, 6.45) is 3.93. The summed E-state index contributed by atoms with van der Waals surface area (Å²) in [5.74, 6) is 1.26. The molecule has 104 valence electrons. The third kappa shape index (κ3) is 3.08. The summed E-state index contributed by atoms with van der Waals surface area (Å²) in [4.78, 5) is 0. The number of thioether (sulfide) groups is 1. The van der Waals surface area contributed by atoms with Crippen molar-refractivity contribution in [2.75, 3.05) is 5.75 Å². The second-order valence-corrected chi connectivity index (χ2v) is 6.77. The van der Waals surface area contributed by atoms with Crippen LogP contribution in [-0.2, 0) is 0 Å². The lowest BCUT2D eigenvalue weighted by Gasteiger charge is -2.27. The van der Waals surface area contributed by atoms with Crippen LogP contribution in [0.3, 0.4) is 0 Å². The van der Waals surface area contributed by atoms with Gasteiger partial charge >= 0.3 is 0 Å². The normalized spacial score (nSPS) is 20.6. The molecule has 1 nitrogen and oxygen atoms in total. The van der Waals surface area contributed by atoms with Crippen molar-refractivity contribution in [3.63, 3.8) is 0 Å². The Labute approximate surface area is 125 Å². The van der Waals surface area contributed by atoms with Crippen LogP contribution in [0.5, 0.6) is 0 Å². The molecule has 0 aliphatic carbocycles. The molecule has 2 aromatic carbocycles. The third-order valence-electron chi connectivity index (χ3n) is 4.02. The number of benzene rings is 2. The Morgan fingerprint density at radius 1 is 0.900 bits per heavy atom. The Bertz CT molecular complexity index is 529. The lowest BCUT2D eigenvalue weighted by atomic mass is 9.97. The number of nitrogens with two attached hydrogens (primary N) is 1. The minimum Gasteiger partial charge on any atom is -0.323 e. The van der Waals surface area contributed by atoms with E-state index in [1.54, 1.807) is 0 Å². The molecule has 2 heteroatoms. The molecule has 0 radical (unpaired) electrons. The maximum Gasteiger partial charge on any atom is 0.0415 e. The van der Waals surface area contributed by atoms with Gasteiger partial charge in [-0.2, -0.15) is 11.8 Å². The smallest absolute Gasteiger partial charge is 0.0415 e. The average Bonchev–Trinajstić information content (AvgIpc) is 2.56. The zero-order chi connectivity index (χ0) is 13.8. The molecule has 1 aliphatic heterocycles. The quantitative estimate of drug-likeness (QED) is 0.888. The highest BCUT2D eigenvalue weighted by Gasteiger charge is 2.22. The standard InChI is InChI=1S/C18H21NS/c19-18(17-8-4-5-13-20-17)16-11-9-15(10-12-16)14-6-2-1-3-7-14/h1-3,6-7,9-12,17-18H,4-5,8,13,19H2. The second-order valence-electron chi connectivity index (χ2n) is 5.42. The largest absolute Gasteiger partial charge is 0.323 e. The van der Waals surface area contributed by atoms with Gasteiger partial charge in [0.15, 0.2) is 0 Å². The van der Waals surface area contributed by atoms with Crippen LogP contribution in [0.2, 0.25) is 0 Å². The summed E-state index contributed by atoms with van der Waals surface area (Å²) >= 11 is 2.04. The fourth-order valence-electron chi connectivity index (χ4n) is 2.79. The van der Waals surface area contributed by atoms with Crippen molar-refractivity contribution >= 4 is 11.8 Å². The summed E-state index contributed by atoms with van der Waals surface area (Å²) in [5, 5.41) is 0.589. The first-order chi connectivity index (χ1) is 9.84. The summed E-state index contributed by atoms with van der Waals surface area (Å²) in [5.41, 5.74) is 10.2. The first-order valence-corrected chi connectivity index (χ1v) is 8.42. The Morgan fingerprint density at radius 2 is 1.60 bits per heavy atom. The van der Waals surface area contributed by atoms with E-state index >= 15 is 0 Å². The van der Waals surface area contributed by atoms with Gasteiger partial charge in [0.1, 0.15) is 0 Å². The molecule has 3 rings (SSSR count). The van der Waals surface area contributed by atoms with E-state index in [1.807, 2.05) is 17.8 Å². The van der Waals surface area contributed by atoms with E-state index in [1.165, 1.54) is 41.7 Å². The monoisotopic (exact) mass is 283 g/mol. The van der Waals surface area contributed by atoms with E-state index in [4.69, 9.17) is 5.73 Å². The Morgan fingerprint density at radius 3 is 2.25 bits per heavy atom. The van der Waals surface area contributed by atoms with Gasteiger partial charge in [-0.05, 0) is 35.3 Å². The molecule has 0 amide bonds. The highest BCUT2D eigenvalue weighted by Crippen LogP contribution is 2.33. The van der Waals surface area contributed by atoms with Crippen molar-refractivity contribution in [3.8, 4) is 11.1 Å². The van der Waals surface area contributed by atoms with Crippen molar-refractivity contribution in [1.82, 2.24) is 0 Å². The molecule has 1 fully saturated rings. The minimum absolute atomic E-state index is 0.171. The molecule has 2 aromatic rings. The molecule has 1 heterocycles. The summed E-state index contributed by atoms with van der Waals surface area (Å²) in [6, 6.07) is 19.4. The Hall–Kier alpha value is -1.25. The molecule has 2 N–H and O–H groups in total. The molecular weight excluding hydrogens is 262 g/mol. The topological polar surface area (TPSA) is 26.0 Å². The van der Waals surface area contributed by atoms with Crippen LogP contribution in [-0.4, -0.2) is 11.0 Å². The molecule has 20 heavy (non-hydrogen) atoms. The Kier molecular flexibility index (Phi) is 4.44. The van der Waals surface area contributed by atoms with E-state index in [9.17, 15) is 0 Å². The first kappa shape index (κ1) is 13.7. The summed E-state index contributed by atoms with van der Waals surface area (Å²) in [7, 11) is 0. The van der Waals surface area contributed by atoms with Gasteiger partial charge < -0.3 is 5.73 Å². The van der Waals surface area contributed by atoms with Gasteiger partial charge in [-0.1, -0.05) is 61.0 Å². The van der Waals surface area contributed by atoms with Gasteiger partial charge in [-0.3, -0.25) is 0 Å². The molecule has 0 aromatic heterocycles. The van der Waals surface area contributed by atoms with E-state index < -0.39 is 0 Å². The van der Waals surface area contributed by atoms with Gasteiger partial charge in [0.05, 0.1) is 0 Å². The second kappa shape index (κ2) is 6.47. The van der Waals surface area contributed by atoms with Crippen LogP contribution < -0.4 is 5.73 Å². The minimum atomic E-state index is 0.171. The molecule has 0 bridgehead atoms. The number of hydrogen-bond acceptors (Lipinski definition) is 2. The fourth-order valence-corrected chi connectivity index (χ4v) is 4.16. The maximum absolute atomic E-state index is 6.44. The molecular formula is C18H21NS. The predicted octanol–water partition coefficient (Wildman–Crippen LogP) is 4.64. The summed E-state index contributed by atoms with van der Waals surface area (Å²) < 4.78 is 0. The Balaban J connectivity index is 1.75. The number of rotatable bonds is 3. The van der Waals surface area contributed by atoms with Gasteiger partial charge in [-0.15, -0.1) is 0 Å². The molecule has 2 unspecified atom stereocenters. The van der Waals surface area contributed by atoms with Crippen LogP contribution in [0.25, 0.3) is 11.1 Å². The van der Waals surface area contributed by atoms with Gasteiger partial charge in [0, 0.05) is 11.3 Å². The third-order valence-corrected chi connectivity index (χ3v) is 5.50. The molecule has 1 saturated heterocycles.